The van der Waals surface area contributed by atoms with Crippen molar-refractivity contribution in [2.75, 3.05) is 0 Å². The molecule has 0 atom stereocenters. The summed E-state index contributed by atoms with van der Waals surface area (Å²) in [6.07, 6.45) is 9.67. The predicted octanol–water partition coefficient (Wildman–Crippen LogP) is 1.41. The fraction of sp³-hybridized carbons (Fsp3) is 0.500. The fourth-order valence-electron chi connectivity index (χ4n) is 2.67. The van der Waals surface area contributed by atoms with Crippen LogP contribution in [0.15, 0.2) is 30.7 Å². The summed E-state index contributed by atoms with van der Waals surface area (Å²) in [5, 5.41) is 7.74. The maximum Gasteiger partial charge on any atom is 0.214 e. The van der Waals surface area contributed by atoms with Gasteiger partial charge in [0.15, 0.2) is 0 Å². The summed E-state index contributed by atoms with van der Waals surface area (Å²) < 4.78 is 28.8. The third-order valence-corrected chi connectivity index (χ3v) is 5.81. The standard InChI is InChI=1S/C14H19N5O2S/c20-22(21,14-4-2-1-3-5-14)16-10-12-11-19(18-17-12)13-6-8-15-9-7-13/h6-9,11,14,16H,1-5,10H2. The minimum atomic E-state index is -3.27. The summed E-state index contributed by atoms with van der Waals surface area (Å²) in [6.45, 7) is 0.171. The first-order valence-electron chi connectivity index (χ1n) is 7.45. The van der Waals surface area contributed by atoms with Gasteiger partial charge in [-0.25, -0.2) is 17.8 Å². The summed E-state index contributed by atoms with van der Waals surface area (Å²) in [7, 11) is -3.27. The molecule has 0 spiro atoms. The van der Waals surface area contributed by atoms with Crippen LogP contribution < -0.4 is 4.72 Å². The van der Waals surface area contributed by atoms with E-state index in [4.69, 9.17) is 0 Å². The molecular weight excluding hydrogens is 302 g/mol. The second-order valence-electron chi connectivity index (χ2n) is 5.49. The molecule has 8 heteroatoms. The van der Waals surface area contributed by atoms with Gasteiger partial charge in [-0.15, -0.1) is 5.10 Å². The van der Waals surface area contributed by atoms with Gasteiger partial charge in [-0.1, -0.05) is 24.5 Å². The first-order valence-corrected chi connectivity index (χ1v) is 9.00. The Morgan fingerprint density at radius 1 is 1.18 bits per heavy atom. The van der Waals surface area contributed by atoms with Crippen LogP contribution in [0.3, 0.4) is 0 Å². The van der Waals surface area contributed by atoms with E-state index in [1.165, 1.54) is 0 Å². The summed E-state index contributed by atoms with van der Waals surface area (Å²) in [5.41, 5.74) is 1.43. The second-order valence-corrected chi connectivity index (χ2v) is 7.53. The highest BCUT2D eigenvalue weighted by Crippen LogP contribution is 2.23. The van der Waals surface area contributed by atoms with Crippen molar-refractivity contribution in [1.29, 1.82) is 0 Å². The maximum atomic E-state index is 12.3. The van der Waals surface area contributed by atoms with Gasteiger partial charge in [0.25, 0.3) is 0 Å². The molecule has 1 fully saturated rings. The van der Waals surface area contributed by atoms with E-state index in [0.717, 1.165) is 37.8 Å². The lowest BCUT2D eigenvalue weighted by atomic mass is 10.0. The van der Waals surface area contributed by atoms with Crippen LogP contribution >= 0.6 is 0 Å². The number of rotatable bonds is 5. The van der Waals surface area contributed by atoms with E-state index in [-0.39, 0.29) is 11.8 Å². The van der Waals surface area contributed by atoms with Crippen LogP contribution in [0.5, 0.6) is 0 Å². The van der Waals surface area contributed by atoms with E-state index in [9.17, 15) is 8.42 Å². The van der Waals surface area contributed by atoms with E-state index in [1.807, 2.05) is 12.1 Å². The van der Waals surface area contributed by atoms with Crippen LogP contribution in [0.4, 0.5) is 0 Å². The quantitative estimate of drug-likeness (QED) is 0.899. The molecule has 1 saturated carbocycles. The smallest absolute Gasteiger partial charge is 0.214 e. The zero-order chi connectivity index (χ0) is 15.4. The average molecular weight is 321 g/mol. The lowest BCUT2D eigenvalue weighted by Gasteiger charge is -2.21. The van der Waals surface area contributed by atoms with E-state index in [1.54, 1.807) is 23.3 Å². The molecule has 2 aromatic rings. The molecule has 22 heavy (non-hydrogen) atoms. The van der Waals surface area contributed by atoms with Gasteiger partial charge in [-0.05, 0) is 25.0 Å². The molecule has 7 nitrogen and oxygen atoms in total. The topological polar surface area (TPSA) is 89.8 Å². The minimum Gasteiger partial charge on any atom is -0.265 e. The molecule has 2 heterocycles. The van der Waals surface area contributed by atoms with E-state index in [2.05, 4.69) is 20.0 Å². The van der Waals surface area contributed by atoms with Crippen LogP contribution in [0.25, 0.3) is 5.69 Å². The molecule has 0 amide bonds. The van der Waals surface area contributed by atoms with Crippen molar-refractivity contribution in [1.82, 2.24) is 24.7 Å². The van der Waals surface area contributed by atoms with Crippen LogP contribution in [0, 0.1) is 0 Å². The van der Waals surface area contributed by atoms with Crippen LogP contribution in [0.2, 0.25) is 0 Å². The Balaban J connectivity index is 1.63. The van der Waals surface area contributed by atoms with Gasteiger partial charge in [0.05, 0.1) is 29.4 Å². The largest absolute Gasteiger partial charge is 0.265 e. The first kappa shape index (κ1) is 15.1. The number of sulfonamides is 1. The lowest BCUT2D eigenvalue weighted by Crippen LogP contribution is -2.35. The number of aromatic nitrogens is 4. The lowest BCUT2D eigenvalue weighted by molar-refractivity contribution is 0.477. The molecular formula is C14H19N5O2S. The Bertz CT molecular complexity index is 708. The van der Waals surface area contributed by atoms with Crippen molar-refractivity contribution in [2.45, 2.75) is 43.9 Å². The molecule has 1 N–H and O–H groups in total. The van der Waals surface area contributed by atoms with Crippen molar-refractivity contribution < 1.29 is 8.42 Å². The number of hydrogen-bond acceptors (Lipinski definition) is 5. The third-order valence-electron chi connectivity index (χ3n) is 3.91. The highest BCUT2D eigenvalue weighted by molar-refractivity contribution is 7.90. The summed E-state index contributed by atoms with van der Waals surface area (Å²) in [5.74, 6) is 0. The molecule has 2 aromatic heterocycles. The molecule has 1 aliphatic rings. The SMILES string of the molecule is O=S(=O)(NCc1cn(-c2ccncc2)nn1)C1CCCCC1. The third kappa shape index (κ3) is 3.50. The fourth-order valence-corrected chi connectivity index (χ4v) is 4.21. The van der Waals surface area contributed by atoms with Crippen molar-refractivity contribution in [3.05, 3.63) is 36.4 Å². The molecule has 1 aliphatic carbocycles. The molecule has 118 valence electrons. The number of hydrogen-bond donors (Lipinski definition) is 1. The molecule has 3 rings (SSSR count). The van der Waals surface area contributed by atoms with Crippen LogP contribution in [-0.2, 0) is 16.6 Å². The van der Waals surface area contributed by atoms with Gasteiger partial charge < -0.3 is 0 Å². The zero-order valence-electron chi connectivity index (χ0n) is 12.2. The Kier molecular flexibility index (Phi) is 4.49. The first-order chi connectivity index (χ1) is 10.6. The van der Waals surface area contributed by atoms with Crippen LogP contribution in [0.1, 0.15) is 37.8 Å². The van der Waals surface area contributed by atoms with Crippen molar-refractivity contribution in [3.8, 4) is 5.69 Å². The molecule has 0 bridgehead atoms. The van der Waals surface area contributed by atoms with Crippen LogP contribution in [-0.4, -0.2) is 33.6 Å². The van der Waals surface area contributed by atoms with Gasteiger partial charge in [-0.2, -0.15) is 0 Å². The van der Waals surface area contributed by atoms with Crippen molar-refractivity contribution in [2.24, 2.45) is 0 Å². The monoisotopic (exact) mass is 321 g/mol. The Morgan fingerprint density at radius 2 is 1.91 bits per heavy atom. The highest BCUT2D eigenvalue weighted by Gasteiger charge is 2.26. The summed E-state index contributed by atoms with van der Waals surface area (Å²) in [6, 6.07) is 3.62. The predicted molar refractivity (Wildman–Crippen MR) is 81.8 cm³/mol. The zero-order valence-corrected chi connectivity index (χ0v) is 13.0. The number of nitrogens with zero attached hydrogens (tertiary/aromatic N) is 4. The average Bonchev–Trinajstić information content (AvgIpc) is 3.04. The normalized spacial score (nSPS) is 16.7. The Morgan fingerprint density at radius 3 is 2.64 bits per heavy atom. The Hall–Kier alpha value is -1.80. The minimum absolute atomic E-state index is 0.171. The van der Waals surface area contributed by atoms with Gasteiger partial charge in [0, 0.05) is 12.4 Å². The van der Waals surface area contributed by atoms with Gasteiger partial charge >= 0.3 is 0 Å². The maximum absolute atomic E-state index is 12.3. The molecule has 0 aliphatic heterocycles. The molecule has 0 aromatic carbocycles. The number of pyridine rings is 1. The summed E-state index contributed by atoms with van der Waals surface area (Å²) >= 11 is 0. The Labute approximate surface area is 129 Å². The van der Waals surface area contributed by atoms with Gasteiger partial charge in [0.2, 0.25) is 10.0 Å². The van der Waals surface area contributed by atoms with Crippen molar-refractivity contribution >= 4 is 10.0 Å². The van der Waals surface area contributed by atoms with Gasteiger partial charge in [-0.3, -0.25) is 4.98 Å². The molecule has 0 saturated heterocycles. The van der Waals surface area contributed by atoms with Gasteiger partial charge in [0.1, 0.15) is 0 Å². The highest BCUT2D eigenvalue weighted by atomic mass is 32.2. The molecule has 0 radical (unpaired) electrons. The van der Waals surface area contributed by atoms with E-state index >= 15 is 0 Å². The van der Waals surface area contributed by atoms with Crippen molar-refractivity contribution in [3.63, 3.8) is 0 Å². The second kappa shape index (κ2) is 6.53. The summed E-state index contributed by atoms with van der Waals surface area (Å²) in [4.78, 5) is 3.94. The number of nitrogens with one attached hydrogen (secondary N) is 1. The van der Waals surface area contributed by atoms with E-state index < -0.39 is 10.0 Å². The molecule has 0 unspecified atom stereocenters. The van der Waals surface area contributed by atoms with E-state index in [0.29, 0.717) is 5.69 Å².